The van der Waals surface area contributed by atoms with E-state index in [0.29, 0.717) is 12.3 Å². The van der Waals surface area contributed by atoms with Crippen LogP contribution >= 0.6 is 0 Å². The first-order valence-electron chi connectivity index (χ1n) is 5.32. The summed E-state index contributed by atoms with van der Waals surface area (Å²) < 4.78 is 0. The first-order valence-corrected chi connectivity index (χ1v) is 5.32. The zero-order valence-corrected chi connectivity index (χ0v) is 9.12. The van der Waals surface area contributed by atoms with Crippen LogP contribution in [-0.4, -0.2) is 43.5 Å². The van der Waals surface area contributed by atoms with Crippen molar-refractivity contribution in [3.63, 3.8) is 0 Å². The lowest BCUT2D eigenvalue weighted by Crippen LogP contribution is -2.31. The lowest BCUT2D eigenvalue weighted by Gasteiger charge is -2.17. The predicted molar refractivity (Wildman–Crippen MR) is 56.9 cm³/mol. The number of carbonyl (C=O) groups excluding carboxylic acids is 1. The SMILES string of the molecule is CNC(=O)CCN1CCC(C(C)N)C1. The summed E-state index contributed by atoms with van der Waals surface area (Å²) >= 11 is 0. The number of nitrogens with two attached hydrogens (primary N) is 1. The Morgan fingerprint density at radius 3 is 2.93 bits per heavy atom. The highest BCUT2D eigenvalue weighted by Gasteiger charge is 2.24. The molecule has 1 heterocycles. The van der Waals surface area contributed by atoms with Crippen LogP contribution in [0.2, 0.25) is 0 Å². The number of rotatable bonds is 4. The zero-order chi connectivity index (χ0) is 10.6. The summed E-state index contributed by atoms with van der Waals surface area (Å²) in [5.41, 5.74) is 5.84. The summed E-state index contributed by atoms with van der Waals surface area (Å²) in [5.74, 6) is 0.730. The van der Waals surface area contributed by atoms with Gasteiger partial charge in [-0.05, 0) is 25.8 Å². The van der Waals surface area contributed by atoms with Crippen LogP contribution < -0.4 is 11.1 Å². The van der Waals surface area contributed by atoms with Crippen LogP contribution in [0.25, 0.3) is 0 Å². The van der Waals surface area contributed by atoms with Gasteiger partial charge in [-0.25, -0.2) is 0 Å². The molecule has 14 heavy (non-hydrogen) atoms. The highest BCUT2D eigenvalue weighted by atomic mass is 16.1. The van der Waals surface area contributed by atoms with Gasteiger partial charge in [0.05, 0.1) is 0 Å². The van der Waals surface area contributed by atoms with Crippen molar-refractivity contribution < 1.29 is 4.79 Å². The van der Waals surface area contributed by atoms with E-state index in [0.717, 1.165) is 19.6 Å². The van der Waals surface area contributed by atoms with Crippen molar-refractivity contribution in [3.8, 4) is 0 Å². The number of nitrogens with zero attached hydrogens (tertiary/aromatic N) is 1. The standard InChI is InChI=1S/C10H21N3O/c1-8(11)9-3-5-13(7-9)6-4-10(14)12-2/h8-9H,3-7,11H2,1-2H3,(H,12,14). The number of hydrogen-bond acceptors (Lipinski definition) is 3. The lowest BCUT2D eigenvalue weighted by atomic mass is 10.0. The molecule has 1 rings (SSSR count). The highest BCUT2D eigenvalue weighted by Crippen LogP contribution is 2.18. The van der Waals surface area contributed by atoms with Crippen LogP contribution in [0, 0.1) is 5.92 Å². The summed E-state index contributed by atoms with van der Waals surface area (Å²) in [4.78, 5) is 13.3. The molecule has 1 fully saturated rings. The van der Waals surface area contributed by atoms with Gasteiger partial charge in [-0.1, -0.05) is 0 Å². The number of amides is 1. The monoisotopic (exact) mass is 199 g/mol. The van der Waals surface area contributed by atoms with Crippen molar-refractivity contribution in [2.75, 3.05) is 26.7 Å². The van der Waals surface area contributed by atoms with Crippen molar-refractivity contribution in [3.05, 3.63) is 0 Å². The van der Waals surface area contributed by atoms with Crippen molar-refractivity contribution >= 4 is 5.91 Å². The Bertz CT molecular complexity index is 194. The third-order valence-corrected chi connectivity index (χ3v) is 2.99. The van der Waals surface area contributed by atoms with E-state index >= 15 is 0 Å². The predicted octanol–water partition coefficient (Wildman–Crippen LogP) is -0.208. The molecule has 0 aromatic heterocycles. The minimum atomic E-state index is 0.120. The van der Waals surface area contributed by atoms with E-state index in [4.69, 9.17) is 5.73 Å². The molecule has 2 atom stereocenters. The second-order valence-electron chi connectivity index (χ2n) is 4.13. The van der Waals surface area contributed by atoms with Gasteiger partial charge < -0.3 is 16.0 Å². The molecule has 1 saturated heterocycles. The van der Waals surface area contributed by atoms with Gasteiger partial charge in [0.15, 0.2) is 0 Å². The van der Waals surface area contributed by atoms with E-state index in [1.54, 1.807) is 7.05 Å². The van der Waals surface area contributed by atoms with Crippen LogP contribution in [0.4, 0.5) is 0 Å². The molecule has 0 aliphatic carbocycles. The van der Waals surface area contributed by atoms with Gasteiger partial charge >= 0.3 is 0 Å². The van der Waals surface area contributed by atoms with E-state index < -0.39 is 0 Å². The molecular weight excluding hydrogens is 178 g/mol. The molecule has 0 spiro atoms. The van der Waals surface area contributed by atoms with Gasteiger partial charge in [0.25, 0.3) is 0 Å². The topological polar surface area (TPSA) is 58.4 Å². The second kappa shape index (κ2) is 5.32. The van der Waals surface area contributed by atoms with Crippen LogP contribution in [0.1, 0.15) is 19.8 Å². The lowest BCUT2D eigenvalue weighted by molar-refractivity contribution is -0.120. The van der Waals surface area contributed by atoms with Gasteiger partial charge in [0.2, 0.25) is 5.91 Å². The largest absolute Gasteiger partial charge is 0.359 e. The molecule has 0 bridgehead atoms. The number of carbonyl (C=O) groups is 1. The smallest absolute Gasteiger partial charge is 0.221 e. The van der Waals surface area contributed by atoms with Crippen molar-refractivity contribution in [2.45, 2.75) is 25.8 Å². The van der Waals surface area contributed by atoms with Crippen LogP contribution in [-0.2, 0) is 4.79 Å². The average molecular weight is 199 g/mol. The Hall–Kier alpha value is -0.610. The number of likely N-dealkylation sites (tertiary alicyclic amines) is 1. The highest BCUT2D eigenvalue weighted by molar-refractivity contribution is 5.75. The van der Waals surface area contributed by atoms with E-state index in [1.165, 1.54) is 6.42 Å². The summed E-state index contributed by atoms with van der Waals surface area (Å²) in [5, 5.41) is 2.63. The molecule has 3 N–H and O–H groups in total. The molecule has 82 valence electrons. The molecule has 2 unspecified atom stereocenters. The third kappa shape index (κ3) is 3.27. The minimum Gasteiger partial charge on any atom is -0.359 e. The Morgan fingerprint density at radius 2 is 2.43 bits per heavy atom. The molecule has 1 aliphatic rings. The zero-order valence-electron chi connectivity index (χ0n) is 9.12. The van der Waals surface area contributed by atoms with E-state index in [-0.39, 0.29) is 11.9 Å². The van der Waals surface area contributed by atoms with E-state index in [2.05, 4.69) is 17.1 Å². The van der Waals surface area contributed by atoms with Gasteiger partial charge in [-0.2, -0.15) is 0 Å². The van der Waals surface area contributed by atoms with Gasteiger partial charge in [0.1, 0.15) is 0 Å². The maximum atomic E-state index is 11.0. The van der Waals surface area contributed by atoms with Gasteiger partial charge in [-0.15, -0.1) is 0 Å². The number of hydrogen-bond donors (Lipinski definition) is 2. The van der Waals surface area contributed by atoms with E-state index in [9.17, 15) is 4.79 Å². The second-order valence-corrected chi connectivity index (χ2v) is 4.13. The summed E-state index contributed by atoms with van der Waals surface area (Å²) in [7, 11) is 1.68. The molecule has 0 radical (unpaired) electrons. The Balaban J connectivity index is 2.19. The Morgan fingerprint density at radius 1 is 1.71 bits per heavy atom. The van der Waals surface area contributed by atoms with Gasteiger partial charge in [0, 0.05) is 32.6 Å². The molecule has 0 aromatic rings. The Labute approximate surface area is 85.8 Å². The quantitative estimate of drug-likeness (QED) is 0.659. The molecule has 1 aliphatic heterocycles. The summed E-state index contributed by atoms with van der Waals surface area (Å²) in [6, 6.07) is 0.278. The fourth-order valence-corrected chi connectivity index (χ4v) is 1.88. The maximum absolute atomic E-state index is 11.0. The third-order valence-electron chi connectivity index (χ3n) is 2.99. The summed E-state index contributed by atoms with van der Waals surface area (Å²) in [6.45, 7) is 5.06. The minimum absolute atomic E-state index is 0.120. The fraction of sp³-hybridized carbons (Fsp3) is 0.900. The van der Waals surface area contributed by atoms with Crippen LogP contribution in [0.5, 0.6) is 0 Å². The molecule has 4 nitrogen and oxygen atoms in total. The van der Waals surface area contributed by atoms with Gasteiger partial charge in [-0.3, -0.25) is 4.79 Å². The molecular formula is C10H21N3O. The molecule has 1 amide bonds. The Kier molecular flexibility index (Phi) is 4.35. The molecule has 4 heteroatoms. The number of nitrogens with one attached hydrogen (secondary N) is 1. The maximum Gasteiger partial charge on any atom is 0.221 e. The molecule has 0 aromatic carbocycles. The van der Waals surface area contributed by atoms with Crippen LogP contribution in [0.15, 0.2) is 0 Å². The first-order chi connectivity index (χ1) is 6.63. The van der Waals surface area contributed by atoms with Crippen LogP contribution in [0.3, 0.4) is 0 Å². The van der Waals surface area contributed by atoms with E-state index in [1.807, 2.05) is 0 Å². The summed E-state index contributed by atoms with van der Waals surface area (Å²) in [6.07, 6.45) is 1.77. The normalized spacial score (nSPS) is 24.9. The van der Waals surface area contributed by atoms with Crippen molar-refractivity contribution in [1.82, 2.24) is 10.2 Å². The fourth-order valence-electron chi connectivity index (χ4n) is 1.88. The average Bonchev–Trinajstić information content (AvgIpc) is 2.62. The van der Waals surface area contributed by atoms with Crippen molar-refractivity contribution in [2.24, 2.45) is 11.7 Å². The first kappa shape index (κ1) is 11.5. The molecule has 0 saturated carbocycles. The van der Waals surface area contributed by atoms with Crippen molar-refractivity contribution in [1.29, 1.82) is 0 Å².